The highest BCUT2D eigenvalue weighted by atomic mass is 16.1. The highest BCUT2D eigenvalue weighted by Gasteiger charge is 2.26. The Hall–Kier alpha value is -4.10. The van der Waals surface area contributed by atoms with Crippen molar-refractivity contribution in [2.75, 3.05) is 0 Å². The molecule has 7 nitrogen and oxygen atoms in total. The smallest absolute Gasteiger partial charge is 0.252 e. The van der Waals surface area contributed by atoms with Crippen LogP contribution in [0.25, 0.3) is 10.9 Å². The summed E-state index contributed by atoms with van der Waals surface area (Å²) in [7, 11) is 0. The third-order valence-electron chi connectivity index (χ3n) is 6.54. The molecular weight excluding hydrogens is 448 g/mol. The Kier molecular flexibility index (Phi) is 7.00. The number of aromatic amines is 1. The van der Waals surface area contributed by atoms with E-state index in [0.29, 0.717) is 19.6 Å². The van der Waals surface area contributed by atoms with E-state index in [-0.39, 0.29) is 11.6 Å². The molecule has 1 atom stereocenters. The number of aryl methyl sites for hydroxylation is 1. The van der Waals surface area contributed by atoms with Crippen LogP contribution in [0.2, 0.25) is 0 Å². The minimum Gasteiger partial charge on any atom is -0.322 e. The number of hydrogen-bond donors (Lipinski definition) is 1. The van der Waals surface area contributed by atoms with E-state index in [1.54, 1.807) is 0 Å². The Morgan fingerprint density at radius 3 is 2.36 bits per heavy atom. The molecule has 0 saturated carbocycles. The van der Waals surface area contributed by atoms with Gasteiger partial charge in [-0.25, -0.2) is 4.68 Å². The Balaban J connectivity index is 1.52. The lowest BCUT2D eigenvalue weighted by Gasteiger charge is -2.30. The van der Waals surface area contributed by atoms with Gasteiger partial charge in [-0.2, -0.15) is 0 Å². The molecule has 5 rings (SSSR count). The topological polar surface area (TPSA) is 79.7 Å². The third kappa shape index (κ3) is 5.26. The van der Waals surface area contributed by atoms with Crippen LogP contribution < -0.4 is 5.56 Å². The summed E-state index contributed by atoms with van der Waals surface area (Å²) < 4.78 is 1.87. The lowest BCUT2D eigenvalue weighted by Crippen LogP contribution is -2.32. The normalized spacial score (nSPS) is 12.3. The van der Waals surface area contributed by atoms with Gasteiger partial charge in [0.15, 0.2) is 5.82 Å². The predicted octanol–water partition coefficient (Wildman–Crippen LogP) is 5.02. The van der Waals surface area contributed by atoms with Crippen molar-refractivity contribution in [2.45, 2.75) is 45.9 Å². The van der Waals surface area contributed by atoms with Crippen LogP contribution in [-0.4, -0.2) is 30.1 Å². The number of nitrogens with one attached hydrogen (secondary N) is 1. The quantitative estimate of drug-likeness (QED) is 0.322. The van der Waals surface area contributed by atoms with E-state index in [0.717, 1.165) is 39.8 Å². The number of benzene rings is 3. The highest BCUT2D eigenvalue weighted by Crippen LogP contribution is 2.27. The minimum atomic E-state index is -0.0727. The lowest BCUT2D eigenvalue weighted by atomic mass is 10.1. The van der Waals surface area contributed by atoms with Gasteiger partial charge >= 0.3 is 0 Å². The van der Waals surface area contributed by atoms with E-state index in [4.69, 9.17) is 0 Å². The molecule has 0 bridgehead atoms. The fourth-order valence-corrected chi connectivity index (χ4v) is 4.72. The number of tetrazole rings is 1. The van der Waals surface area contributed by atoms with Crippen LogP contribution in [0.1, 0.15) is 47.5 Å². The molecule has 0 radical (unpaired) electrons. The Labute approximate surface area is 210 Å². The zero-order chi connectivity index (χ0) is 24.9. The molecule has 0 saturated heterocycles. The molecule has 0 spiro atoms. The van der Waals surface area contributed by atoms with Gasteiger partial charge in [-0.05, 0) is 58.5 Å². The van der Waals surface area contributed by atoms with Crippen LogP contribution in [0, 0.1) is 6.92 Å². The monoisotopic (exact) mass is 478 g/mol. The maximum Gasteiger partial charge on any atom is 0.252 e. The first-order chi connectivity index (χ1) is 17.6. The first-order valence-corrected chi connectivity index (χ1v) is 12.3. The van der Waals surface area contributed by atoms with Gasteiger partial charge in [0.25, 0.3) is 5.56 Å². The number of rotatable bonds is 9. The van der Waals surface area contributed by atoms with Gasteiger partial charge in [0, 0.05) is 24.2 Å². The van der Waals surface area contributed by atoms with Crippen molar-refractivity contribution in [2.24, 2.45) is 0 Å². The van der Waals surface area contributed by atoms with E-state index >= 15 is 0 Å². The number of aromatic nitrogens is 5. The van der Waals surface area contributed by atoms with Crippen molar-refractivity contribution in [1.82, 2.24) is 30.1 Å². The second-order valence-electron chi connectivity index (χ2n) is 9.21. The standard InChI is InChI=1S/C29H30N6O/c1-3-27(28-31-32-33-35(28)19-23-12-8-5-9-13-23)34(18-22-10-6-4-7-11-22)20-25-17-24-16-21(2)14-15-26(24)30-29(25)36/h4-17,27H,3,18-20H2,1-2H3,(H,30,36). The van der Waals surface area contributed by atoms with Crippen molar-refractivity contribution in [3.63, 3.8) is 0 Å². The second kappa shape index (κ2) is 10.7. The van der Waals surface area contributed by atoms with E-state index in [1.807, 2.05) is 59.3 Å². The van der Waals surface area contributed by atoms with Crippen LogP contribution in [0.15, 0.2) is 89.7 Å². The van der Waals surface area contributed by atoms with E-state index in [1.165, 1.54) is 5.56 Å². The number of H-pyrrole nitrogens is 1. The molecule has 3 aromatic carbocycles. The molecule has 1 unspecified atom stereocenters. The zero-order valence-corrected chi connectivity index (χ0v) is 20.6. The molecule has 2 aromatic heterocycles. The highest BCUT2D eigenvalue weighted by molar-refractivity contribution is 5.79. The van der Waals surface area contributed by atoms with Gasteiger partial charge in [0.05, 0.1) is 12.6 Å². The molecule has 2 heterocycles. The summed E-state index contributed by atoms with van der Waals surface area (Å²) in [4.78, 5) is 18.4. The fraction of sp³-hybridized carbons (Fsp3) is 0.241. The summed E-state index contributed by atoms with van der Waals surface area (Å²) in [5, 5.41) is 13.8. The molecule has 1 N–H and O–H groups in total. The molecule has 36 heavy (non-hydrogen) atoms. The van der Waals surface area contributed by atoms with Gasteiger partial charge in [0.1, 0.15) is 0 Å². The summed E-state index contributed by atoms with van der Waals surface area (Å²) in [6, 6.07) is 28.5. The largest absolute Gasteiger partial charge is 0.322 e. The summed E-state index contributed by atoms with van der Waals surface area (Å²) in [6.07, 6.45) is 0.798. The molecule has 0 amide bonds. The maximum absolute atomic E-state index is 13.1. The summed E-state index contributed by atoms with van der Waals surface area (Å²) in [5.74, 6) is 0.797. The molecular formula is C29H30N6O. The van der Waals surface area contributed by atoms with Crippen molar-refractivity contribution < 1.29 is 0 Å². The maximum atomic E-state index is 13.1. The van der Waals surface area contributed by atoms with Crippen molar-refractivity contribution in [3.8, 4) is 0 Å². The average Bonchev–Trinajstić information content (AvgIpc) is 3.34. The second-order valence-corrected chi connectivity index (χ2v) is 9.21. The number of hydrogen-bond acceptors (Lipinski definition) is 5. The molecule has 182 valence electrons. The first-order valence-electron chi connectivity index (χ1n) is 12.3. The number of fused-ring (bicyclic) bond motifs is 1. The predicted molar refractivity (Wildman–Crippen MR) is 141 cm³/mol. The minimum absolute atomic E-state index is 0.0665. The van der Waals surface area contributed by atoms with Gasteiger partial charge in [0.2, 0.25) is 0 Å². The van der Waals surface area contributed by atoms with E-state index in [9.17, 15) is 4.79 Å². The zero-order valence-electron chi connectivity index (χ0n) is 20.6. The van der Waals surface area contributed by atoms with E-state index < -0.39 is 0 Å². The van der Waals surface area contributed by atoms with Crippen molar-refractivity contribution >= 4 is 10.9 Å². The fourth-order valence-electron chi connectivity index (χ4n) is 4.72. The number of pyridine rings is 1. The molecule has 5 aromatic rings. The van der Waals surface area contributed by atoms with Gasteiger partial charge in [-0.1, -0.05) is 79.2 Å². The molecule has 0 aliphatic rings. The Morgan fingerprint density at radius 2 is 1.64 bits per heavy atom. The van der Waals surface area contributed by atoms with Crippen LogP contribution >= 0.6 is 0 Å². The van der Waals surface area contributed by atoms with Crippen LogP contribution in [-0.2, 0) is 19.6 Å². The van der Waals surface area contributed by atoms with Crippen LogP contribution in [0.5, 0.6) is 0 Å². The van der Waals surface area contributed by atoms with Gasteiger partial charge in [-0.15, -0.1) is 5.10 Å². The molecule has 0 fully saturated rings. The SMILES string of the molecule is CCC(c1nnnn1Cc1ccccc1)N(Cc1ccccc1)Cc1cc2cc(C)ccc2[nH]c1=O. The van der Waals surface area contributed by atoms with Crippen molar-refractivity contribution in [3.05, 3.63) is 123 Å². The van der Waals surface area contributed by atoms with Crippen molar-refractivity contribution in [1.29, 1.82) is 0 Å². The summed E-state index contributed by atoms with van der Waals surface area (Å²) in [5.41, 5.74) is 4.98. The van der Waals surface area contributed by atoms with Crippen LogP contribution in [0.3, 0.4) is 0 Å². The van der Waals surface area contributed by atoms with Crippen LogP contribution in [0.4, 0.5) is 0 Å². The van der Waals surface area contributed by atoms with E-state index in [2.05, 4.69) is 69.6 Å². The number of nitrogens with zero attached hydrogens (tertiary/aromatic N) is 5. The lowest BCUT2D eigenvalue weighted by molar-refractivity contribution is 0.161. The third-order valence-corrected chi connectivity index (χ3v) is 6.54. The Morgan fingerprint density at radius 1 is 0.917 bits per heavy atom. The van der Waals surface area contributed by atoms with Gasteiger partial charge in [-0.3, -0.25) is 9.69 Å². The molecule has 7 heteroatoms. The average molecular weight is 479 g/mol. The first kappa shape index (κ1) is 23.6. The van der Waals surface area contributed by atoms with Gasteiger partial charge < -0.3 is 4.98 Å². The summed E-state index contributed by atoms with van der Waals surface area (Å²) >= 11 is 0. The summed E-state index contributed by atoms with van der Waals surface area (Å²) in [6.45, 7) is 5.94. The molecule has 0 aliphatic heterocycles. The molecule has 0 aliphatic carbocycles. The Bertz CT molecular complexity index is 1490.